The molecule has 3 nitrogen and oxygen atoms in total. The normalized spacial score (nSPS) is 10.2. The van der Waals surface area contributed by atoms with Crippen molar-refractivity contribution in [2.45, 2.75) is 13.5 Å². The molecule has 0 saturated heterocycles. The molecular weight excluding hydrogens is 339 g/mol. The van der Waals surface area contributed by atoms with Crippen molar-refractivity contribution in [3.8, 4) is 5.75 Å². The van der Waals surface area contributed by atoms with Crippen molar-refractivity contribution in [3.63, 3.8) is 0 Å². The Kier molecular flexibility index (Phi) is 4.41. The lowest BCUT2D eigenvalue weighted by molar-refractivity contribution is 0.414. The van der Waals surface area contributed by atoms with Gasteiger partial charge in [-0.15, -0.1) is 0 Å². The lowest BCUT2D eigenvalue weighted by Gasteiger charge is -2.07. The molecule has 0 spiro atoms. The summed E-state index contributed by atoms with van der Waals surface area (Å²) in [5, 5.41) is 3.31. The molecule has 0 atom stereocenters. The first-order valence-electron chi connectivity index (χ1n) is 5.68. The lowest BCUT2D eigenvalue weighted by atomic mass is 10.2. The van der Waals surface area contributed by atoms with Gasteiger partial charge in [0.05, 0.1) is 7.11 Å². The van der Waals surface area contributed by atoms with Gasteiger partial charge in [-0.25, -0.2) is 4.98 Å². The average Bonchev–Trinajstić information content (AvgIpc) is 2.41. The number of methoxy groups -OCH3 is 1. The van der Waals surface area contributed by atoms with Gasteiger partial charge in [0, 0.05) is 16.3 Å². The maximum absolute atomic E-state index is 5.13. The molecule has 0 aliphatic heterocycles. The summed E-state index contributed by atoms with van der Waals surface area (Å²) >= 11 is 2.32. The second kappa shape index (κ2) is 6.04. The van der Waals surface area contributed by atoms with E-state index in [0.717, 1.165) is 18.1 Å². The van der Waals surface area contributed by atoms with Crippen LogP contribution >= 0.6 is 22.6 Å². The van der Waals surface area contributed by atoms with Crippen molar-refractivity contribution in [3.05, 3.63) is 51.2 Å². The zero-order valence-electron chi connectivity index (χ0n) is 10.4. The summed E-state index contributed by atoms with van der Waals surface area (Å²) in [5.41, 5.74) is 2.40. The largest absolute Gasteiger partial charge is 0.497 e. The van der Waals surface area contributed by atoms with Crippen LogP contribution in [0.4, 0.5) is 5.82 Å². The van der Waals surface area contributed by atoms with Gasteiger partial charge in [-0.2, -0.15) is 0 Å². The molecule has 4 heteroatoms. The van der Waals surface area contributed by atoms with Crippen LogP contribution in [-0.2, 0) is 6.54 Å². The van der Waals surface area contributed by atoms with Crippen molar-refractivity contribution < 1.29 is 4.74 Å². The van der Waals surface area contributed by atoms with Crippen LogP contribution in [0.15, 0.2) is 36.5 Å². The monoisotopic (exact) mass is 354 g/mol. The molecule has 0 saturated carbocycles. The SMILES string of the molecule is COc1ccc(CNc2cc(I)c(C)cn2)cc1. The molecule has 0 aliphatic rings. The summed E-state index contributed by atoms with van der Waals surface area (Å²) in [6.07, 6.45) is 1.89. The van der Waals surface area contributed by atoms with E-state index in [0.29, 0.717) is 0 Å². The highest BCUT2D eigenvalue weighted by atomic mass is 127. The molecule has 1 heterocycles. The van der Waals surface area contributed by atoms with Gasteiger partial charge in [0.2, 0.25) is 0 Å². The van der Waals surface area contributed by atoms with Crippen molar-refractivity contribution in [1.82, 2.24) is 4.98 Å². The quantitative estimate of drug-likeness (QED) is 0.852. The predicted octanol–water partition coefficient (Wildman–Crippen LogP) is 3.62. The summed E-state index contributed by atoms with van der Waals surface area (Å²) in [5.74, 6) is 1.78. The number of halogens is 1. The Morgan fingerprint density at radius 1 is 1.28 bits per heavy atom. The van der Waals surface area contributed by atoms with Crippen LogP contribution in [0.25, 0.3) is 0 Å². The first kappa shape index (κ1) is 13.1. The lowest BCUT2D eigenvalue weighted by Crippen LogP contribution is -2.02. The Balaban J connectivity index is 1.99. The Morgan fingerprint density at radius 2 is 2.00 bits per heavy atom. The second-order valence-corrected chi connectivity index (χ2v) is 5.18. The molecule has 0 fully saturated rings. The van der Waals surface area contributed by atoms with Gasteiger partial charge in [-0.1, -0.05) is 12.1 Å². The fourth-order valence-electron chi connectivity index (χ4n) is 1.53. The second-order valence-electron chi connectivity index (χ2n) is 4.02. The van der Waals surface area contributed by atoms with Gasteiger partial charge in [0.25, 0.3) is 0 Å². The van der Waals surface area contributed by atoms with E-state index in [4.69, 9.17) is 4.74 Å². The van der Waals surface area contributed by atoms with Crippen LogP contribution in [0.1, 0.15) is 11.1 Å². The zero-order chi connectivity index (χ0) is 13.0. The third-order valence-corrected chi connectivity index (χ3v) is 3.83. The molecule has 0 amide bonds. The van der Waals surface area contributed by atoms with Crippen molar-refractivity contribution >= 4 is 28.4 Å². The van der Waals surface area contributed by atoms with Crippen LogP contribution < -0.4 is 10.1 Å². The van der Waals surface area contributed by atoms with E-state index < -0.39 is 0 Å². The number of rotatable bonds is 4. The summed E-state index contributed by atoms with van der Waals surface area (Å²) in [6.45, 7) is 2.82. The molecule has 94 valence electrons. The molecule has 0 bridgehead atoms. The van der Waals surface area contributed by atoms with Crippen LogP contribution in [-0.4, -0.2) is 12.1 Å². The number of nitrogens with zero attached hydrogens (tertiary/aromatic N) is 1. The third-order valence-electron chi connectivity index (χ3n) is 2.67. The number of anilines is 1. The van der Waals surface area contributed by atoms with Gasteiger partial charge in [0.1, 0.15) is 11.6 Å². The predicted molar refractivity (Wildman–Crippen MR) is 82.0 cm³/mol. The maximum Gasteiger partial charge on any atom is 0.127 e. The van der Waals surface area contributed by atoms with E-state index in [2.05, 4.69) is 45.9 Å². The number of ether oxygens (including phenoxy) is 1. The highest BCUT2D eigenvalue weighted by Gasteiger charge is 1.99. The fourth-order valence-corrected chi connectivity index (χ4v) is 1.97. The number of benzene rings is 1. The summed E-state index contributed by atoms with van der Waals surface area (Å²) in [6, 6.07) is 10.1. The minimum Gasteiger partial charge on any atom is -0.497 e. The molecule has 1 aromatic carbocycles. The standard InChI is InChI=1S/C14H15IN2O/c1-10-8-16-14(7-13(10)15)17-9-11-3-5-12(18-2)6-4-11/h3-8H,9H2,1-2H3,(H,16,17). The Labute approximate surface area is 121 Å². The number of hydrogen-bond donors (Lipinski definition) is 1. The molecule has 1 N–H and O–H groups in total. The maximum atomic E-state index is 5.13. The van der Waals surface area contributed by atoms with Crippen molar-refractivity contribution in [2.75, 3.05) is 12.4 Å². The number of pyridine rings is 1. The number of aryl methyl sites for hydroxylation is 1. The molecule has 2 rings (SSSR count). The van der Waals surface area contributed by atoms with E-state index in [-0.39, 0.29) is 0 Å². The summed E-state index contributed by atoms with van der Waals surface area (Å²) < 4.78 is 6.35. The van der Waals surface area contributed by atoms with E-state index in [1.54, 1.807) is 7.11 Å². The first-order chi connectivity index (χ1) is 8.69. The molecule has 1 aromatic heterocycles. The topological polar surface area (TPSA) is 34.1 Å². The van der Waals surface area contributed by atoms with Crippen LogP contribution in [0.3, 0.4) is 0 Å². The third kappa shape index (κ3) is 3.35. The zero-order valence-corrected chi connectivity index (χ0v) is 12.6. The van der Waals surface area contributed by atoms with Crippen LogP contribution in [0.2, 0.25) is 0 Å². The van der Waals surface area contributed by atoms with Gasteiger partial charge >= 0.3 is 0 Å². The van der Waals surface area contributed by atoms with Crippen LogP contribution in [0, 0.1) is 10.5 Å². The van der Waals surface area contributed by atoms with Crippen LogP contribution in [0.5, 0.6) is 5.75 Å². The van der Waals surface area contributed by atoms with E-state index in [9.17, 15) is 0 Å². The van der Waals surface area contributed by atoms with E-state index >= 15 is 0 Å². The summed E-state index contributed by atoms with van der Waals surface area (Å²) in [7, 11) is 1.67. The minimum atomic E-state index is 0.760. The van der Waals surface area contributed by atoms with Crippen molar-refractivity contribution in [2.24, 2.45) is 0 Å². The van der Waals surface area contributed by atoms with Crippen molar-refractivity contribution in [1.29, 1.82) is 0 Å². The summed E-state index contributed by atoms with van der Waals surface area (Å²) in [4.78, 5) is 4.35. The Morgan fingerprint density at radius 3 is 2.61 bits per heavy atom. The Hall–Kier alpha value is -1.30. The number of nitrogens with one attached hydrogen (secondary N) is 1. The molecule has 0 aliphatic carbocycles. The molecule has 18 heavy (non-hydrogen) atoms. The molecule has 0 unspecified atom stereocenters. The molecule has 0 radical (unpaired) electrons. The smallest absolute Gasteiger partial charge is 0.127 e. The highest BCUT2D eigenvalue weighted by molar-refractivity contribution is 14.1. The number of aromatic nitrogens is 1. The number of hydrogen-bond acceptors (Lipinski definition) is 3. The van der Waals surface area contributed by atoms with E-state index in [1.165, 1.54) is 14.7 Å². The molecular formula is C14H15IN2O. The van der Waals surface area contributed by atoms with E-state index in [1.807, 2.05) is 30.5 Å². The van der Waals surface area contributed by atoms with Gasteiger partial charge in [0.15, 0.2) is 0 Å². The molecule has 2 aromatic rings. The Bertz CT molecular complexity index is 526. The van der Waals surface area contributed by atoms with Gasteiger partial charge < -0.3 is 10.1 Å². The minimum absolute atomic E-state index is 0.760. The highest BCUT2D eigenvalue weighted by Crippen LogP contribution is 2.16. The first-order valence-corrected chi connectivity index (χ1v) is 6.76. The van der Waals surface area contributed by atoms with Gasteiger partial charge in [-0.05, 0) is 58.8 Å². The van der Waals surface area contributed by atoms with Gasteiger partial charge in [-0.3, -0.25) is 0 Å². The average molecular weight is 354 g/mol. The fraction of sp³-hybridized carbons (Fsp3) is 0.214.